The largest absolute Gasteiger partial charge is 0.339 e. The first-order valence-electron chi connectivity index (χ1n) is 7.87. The summed E-state index contributed by atoms with van der Waals surface area (Å²) in [7, 11) is 0. The second-order valence-electron chi connectivity index (χ2n) is 5.26. The fraction of sp³-hybridized carbons (Fsp3) is 0.222. The van der Waals surface area contributed by atoms with Gasteiger partial charge in [-0.25, -0.2) is 8.78 Å². The minimum absolute atomic E-state index is 0.0364. The second kappa shape index (κ2) is 8.53. The Hall–Kier alpha value is -2.54. The number of thiocarbonyl (C=S) groups is 1. The van der Waals surface area contributed by atoms with Crippen molar-refractivity contribution in [1.29, 1.82) is 0 Å². The van der Waals surface area contributed by atoms with Gasteiger partial charge in [0.15, 0.2) is 5.11 Å². The highest BCUT2D eigenvalue weighted by molar-refractivity contribution is 7.80. The van der Waals surface area contributed by atoms with E-state index >= 15 is 0 Å². The lowest BCUT2D eigenvalue weighted by Gasteiger charge is -2.18. The van der Waals surface area contributed by atoms with E-state index in [9.17, 15) is 13.6 Å². The van der Waals surface area contributed by atoms with Crippen LogP contribution in [0.4, 0.5) is 20.2 Å². The van der Waals surface area contributed by atoms with Crippen molar-refractivity contribution >= 4 is 34.6 Å². The third-order valence-electron chi connectivity index (χ3n) is 3.62. The van der Waals surface area contributed by atoms with E-state index in [-0.39, 0.29) is 16.7 Å². The van der Waals surface area contributed by atoms with Crippen molar-refractivity contribution in [3.63, 3.8) is 0 Å². The first kappa shape index (κ1) is 18.8. The van der Waals surface area contributed by atoms with E-state index in [0.29, 0.717) is 24.3 Å². The molecule has 0 fully saturated rings. The Morgan fingerprint density at radius 2 is 1.68 bits per heavy atom. The summed E-state index contributed by atoms with van der Waals surface area (Å²) in [5, 5.41) is 5.71. The monoisotopic (exact) mass is 363 g/mol. The number of rotatable bonds is 5. The minimum atomic E-state index is -0.732. The van der Waals surface area contributed by atoms with Gasteiger partial charge in [0.05, 0.1) is 5.69 Å². The minimum Gasteiger partial charge on any atom is -0.339 e. The number of amides is 1. The third kappa shape index (κ3) is 4.96. The lowest BCUT2D eigenvalue weighted by molar-refractivity contribution is 0.0773. The average Bonchev–Trinajstić information content (AvgIpc) is 2.59. The molecule has 0 unspecified atom stereocenters. The van der Waals surface area contributed by atoms with Gasteiger partial charge < -0.3 is 15.5 Å². The van der Waals surface area contributed by atoms with Gasteiger partial charge in [0.2, 0.25) is 0 Å². The van der Waals surface area contributed by atoms with Crippen molar-refractivity contribution in [2.45, 2.75) is 13.8 Å². The Morgan fingerprint density at radius 1 is 1.04 bits per heavy atom. The number of nitrogens with one attached hydrogen (secondary N) is 2. The lowest BCUT2D eigenvalue weighted by Crippen LogP contribution is -2.30. The van der Waals surface area contributed by atoms with Crippen LogP contribution in [0.15, 0.2) is 42.5 Å². The van der Waals surface area contributed by atoms with Crippen molar-refractivity contribution in [3.05, 3.63) is 59.7 Å². The molecule has 0 bridgehead atoms. The molecular formula is C18H19F2N3OS. The van der Waals surface area contributed by atoms with Gasteiger partial charge in [0, 0.05) is 30.4 Å². The van der Waals surface area contributed by atoms with E-state index < -0.39 is 11.6 Å². The summed E-state index contributed by atoms with van der Waals surface area (Å²) in [5.74, 6) is -1.43. The van der Waals surface area contributed by atoms with Crippen LogP contribution >= 0.6 is 12.2 Å². The van der Waals surface area contributed by atoms with Crippen LogP contribution in [0.2, 0.25) is 0 Å². The van der Waals surface area contributed by atoms with Gasteiger partial charge in [0.1, 0.15) is 11.6 Å². The van der Waals surface area contributed by atoms with Gasteiger partial charge in [-0.1, -0.05) is 0 Å². The smallest absolute Gasteiger partial charge is 0.253 e. The second-order valence-corrected chi connectivity index (χ2v) is 5.67. The first-order chi connectivity index (χ1) is 11.9. The predicted octanol–water partition coefficient (Wildman–Crippen LogP) is 4.26. The normalized spacial score (nSPS) is 10.2. The molecule has 0 atom stereocenters. The van der Waals surface area contributed by atoms with Crippen LogP contribution in [0.1, 0.15) is 24.2 Å². The SMILES string of the molecule is CCN(CC)C(=O)c1ccc(NC(=S)Nc2ccc(F)cc2F)cc1. The maximum Gasteiger partial charge on any atom is 0.253 e. The Morgan fingerprint density at radius 3 is 2.24 bits per heavy atom. The Bertz CT molecular complexity index is 761. The molecule has 2 aromatic rings. The summed E-state index contributed by atoms with van der Waals surface area (Å²) in [4.78, 5) is 14.0. The number of carbonyl (C=O) groups excluding carboxylic acids is 1. The molecule has 25 heavy (non-hydrogen) atoms. The first-order valence-corrected chi connectivity index (χ1v) is 8.27. The third-order valence-corrected chi connectivity index (χ3v) is 3.82. The van der Waals surface area contributed by atoms with Gasteiger partial charge in [-0.2, -0.15) is 0 Å². The Balaban J connectivity index is 2.01. The number of benzene rings is 2. The molecule has 0 saturated carbocycles. The molecule has 0 aliphatic rings. The fourth-order valence-corrected chi connectivity index (χ4v) is 2.49. The Kier molecular flexibility index (Phi) is 6.41. The quantitative estimate of drug-likeness (QED) is 0.780. The summed E-state index contributed by atoms with van der Waals surface area (Å²) in [5.41, 5.74) is 1.31. The van der Waals surface area contributed by atoms with Crippen LogP contribution in [-0.2, 0) is 0 Å². The van der Waals surface area contributed by atoms with Gasteiger partial charge in [-0.15, -0.1) is 0 Å². The summed E-state index contributed by atoms with van der Waals surface area (Å²) in [6.07, 6.45) is 0. The van der Waals surface area contributed by atoms with Crippen LogP contribution in [0.3, 0.4) is 0 Å². The van der Waals surface area contributed by atoms with Crippen molar-refractivity contribution in [2.24, 2.45) is 0 Å². The van der Waals surface area contributed by atoms with E-state index in [2.05, 4.69) is 10.6 Å². The molecule has 0 aromatic heterocycles. The molecule has 2 N–H and O–H groups in total. The number of hydrogen-bond donors (Lipinski definition) is 2. The Labute approximate surface area is 150 Å². The van der Waals surface area contributed by atoms with E-state index in [1.54, 1.807) is 29.2 Å². The van der Waals surface area contributed by atoms with Gasteiger partial charge in [-0.3, -0.25) is 4.79 Å². The van der Waals surface area contributed by atoms with E-state index in [1.807, 2.05) is 13.8 Å². The standard InChI is InChI=1S/C18H19F2N3OS/c1-3-23(4-2)17(24)12-5-8-14(9-6-12)21-18(25)22-16-10-7-13(19)11-15(16)20/h5-11H,3-4H2,1-2H3,(H2,21,22,25). The molecule has 0 aliphatic heterocycles. The van der Waals surface area contributed by atoms with E-state index in [1.165, 1.54) is 6.07 Å². The van der Waals surface area contributed by atoms with Crippen molar-refractivity contribution < 1.29 is 13.6 Å². The summed E-state index contributed by atoms with van der Waals surface area (Å²) < 4.78 is 26.5. The van der Waals surface area contributed by atoms with Crippen molar-refractivity contribution in [2.75, 3.05) is 23.7 Å². The zero-order valence-electron chi connectivity index (χ0n) is 14.0. The van der Waals surface area contributed by atoms with E-state index in [4.69, 9.17) is 12.2 Å². The van der Waals surface area contributed by atoms with Crippen LogP contribution < -0.4 is 10.6 Å². The number of carbonyl (C=O) groups is 1. The summed E-state index contributed by atoms with van der Waals surface area (Å²) in [6.45, 7) is 5.14. The van der Waals surface area contributed by atoms with Gasteiger partial charge >= 0.3 is 0 Å². The molecular weight excluding hydrogens is 344 g/mol. The van der Waals surface area contributed by atoms with Gasteiger partial charge in [-0.05, 0) is 62.5 Å². The average molecular weight is 363 g/mol. The molecule has 7 heteroatoms. The molecule has 0 aliphatic carbocycles. The molecule has 2 rings (SSSR count). The predicted molar refractivity (Wildman–Crippen MR) is 99.9 cm³/mol. The molecule has 0 heterocycles. The topological polar surface area (TPSA) is 44.4 Å². The maximum absolute atomic E-state index is 13.6. The van der Waals surface area contributed by atoms with Crippen molar-refractivity contribution in [1.82, 2.24) is 4.90 Å². The summed E-state index contributed by atoms with van der Waals surface area (Å²) in [6, 6.07) is 10.0. The molecule has 2 aromatic carbocycles. The van der Waals surface area contributed by atoms with Crippen LogP contribution in [0, 0.1) is 11.6 Å². The molecule has 4 nitrogen and oxygen atoms in total. The molecule has 0 radical (unpaired) electrons. The zero-order valence-corrected chi connectivity index (χ0v) is 14.8. The molecule has 0 spiro atoms. The van der Waals surface area contributed by atoms with Crippen LogP contribution in [0.5, 0.6) is 0 Å². The van der Waals surface area contributed by atoms with Gasteiger partial charge in [0.25, 0.3) is 5.91 Å². The zero-order chi connectivity index (χ0) is 18.4. The highest BCUT2D eigenvalue weighted by atomic mass is 32.1. The molecule has 132 valence electrons. The molecule has 0 saturated heterocycles. The van der Waals surface area contributed by atoms with Crippen molar-refractivity contribution in [3.8, 4) is 0 Å². The highest BCUT2D eigenvalue weighted by Crippen LogP contribution is 2.16. The fourth-order valence-electron chi connectivity index (χ4n) is 2.27. The highest BCUT2D eigenvalue weighted by Gasteiger charge is 2.12. The van der Waals surface area contributed by atoms with E-state index in [0.717, 1.165) is 12.1 Å². The van der Waals surface area contributed by atoms with Crippen LogP contribution in [-0.4, -0.2) is 29.0 Å². The maximum atomic E-state index is 13.6. The molecule has 1 amide bonds. The van der Waals surface area contributed by atoms with Crippen LogP contribution in [0.25, 0.3) is 0 Å². The number of nitrogens with zero attached hydrogens (tertiary/aromatic N) is 1. The number of anilines is 2. The number of halogens is 2. The number of hydrogen-bond acceptors (Lipinski definition) is 2. The summed E-state index contributed by atoms with van der Waals surface area (Å²) >= 11 is 5.12. The lowest BCUT2D eigenvalue weighted by atomic mass is 10.2.